The molecule has 0 spiro atoms. The molecule has 0 aromatic heterocycles. The summed E-state index contributed by atoms with van der Waals surface area (Å²) in [5.41, 5.74) is 1.35. The largest absolute Gasteiger partial charge is 0.494 e. The van der Waals surface area contributed by atoms with Crippen molar-refractivity contribution in [2.24, 2.45) is 0 Å². The van der Waals surface area contributed by atoms with E-state index >= 15 is 0 Å². The Labute approximate surface area is 147 Å². The van der Waals surface area contributed by atoms with Gasteiger partial charge in [-0.15, -0.1) is 0 Å². The lowest BCUT2D eigenvalue weighted by Crippen LogP contribution is -2.40. The number of aliphatic hydroxyl groups excluding tert-OH is 1. The van der Waals surface area contributed by atoms with E-state index in [0.29, 0.717) is 24.4 Å². The molecule has 25 heavy (non-hydrogen) atoms. The van der Waals surface area contributed by atoms with Crippen LogP contribution in [0.1, 0.15) is 38.5 Å². The number of nitrogens with one attached hydrogen (secondary N) is 2. The smallest absolute Gasteiger partial charge is 0.319 e. The second-order valence-electron chi connectivity index (χ2n) is 6.64. The van der Waals surface area contributed by atoms with E-state index in [1.807, 2.05) is 0 Å². The molecule has 0 radical (unpaired) electrons. The van der Waals surface area contributed by atoms with Gasteiger partial charge in [0, 0.05) is 30.8 Å². The van der Waals surface area contributed by atoms with Crippen molar-refractivity contribution in [1.82, 2.24) is 5.32 Å². The fourth-order valence-electron chi connectivity index (χ4n) is 3.45. The molecule has 0 unspecified atom stereocenters. The van der Waals surface area contributed by atoms with E-state index in [1.165, 1.54) is 0 Å². The average Bonchev–Trinajstić information content (AvgIpc) is 3.02. The van der Waals surface area contributed by atoms with Gasteiger partial charge in [-0.3, -0.25) is 4.79 Å². The molecule has 1 aliphatic heterocycles. The van der Waals surface area contributed by atoms with Crippen molar-refractivity contribution in [2.45, 2.75) is 50.7 Å². The number of hydrogen-bond acceptors (Lipinski definition) is 4. The first-order chi connectivity index (χ1) is 12.1. The molecular weight excluding hydrogens is 322 g/mol. The lowest BCUT2D eigenvalue weighted by Gasteiger charge is -2.26. The average molecular weight is 347 g/mol. The number of benzene rings is 1. The van der Waals surface area contributed by atoms with Crippen molar-refractivity contribution in [1.29, 1.82) is 0 Å². The highest BCUT2D eigenvalue weighted by Crippen LogP contribution is 2.33. The van der Waals surface area contributed by atoms with Gasteiger partial charge in [-0.2, -0.15) is 0 Å². The third-order valence-corrected chi connectivity index (χ3v) is 4.83. The minimum absolute atomic E-state index is 0.0896. The molecule has 0 bridgehead atoms. The quantitative estimate of drug-likeness (QED) is 0.779. The van der Waals surface area contributed by atoms with Crippen molar-refractivity contribution >= 4 is 23.3 Å². The first-order valence-electron chi connectivity index (χ1n) is 8.81. The molecule has 0 atom stereocenters. The van der Waals surface area contributed by atoms with Crippen LogP contribution in [0.3, 0.4) is 0 Å². The molecule has 3 N–H and O–H groups in total. The van der Waals surface area contributed by atoms with Crippen molar-refractivity contribution in [2.75, 3.05) is 23.9 Å². The van der Waals surface area contributed by atoms with Crippen LogP contribution in [-0.4, -0.2) is 42.8 Å². The van der Waals surface area contributed by atoms with E-state index < -0.39 is 0 Å². The Bertz CT molecular complexity index is 641. The second-order valence-corrected chi connectivity index (χ2v) is 6.64. The minimum Gasteiger partial charge on any atom is -0.494 e. The highest BCUT2D eigenvalue weighted by Gasteiger charge is 2.25. The van der Waals surface area contributed by atoms with Crippen molar-refractivity contribution in [3.63, 3.8) is 0 Å². The molecule has 2 fully saturated rings. The van der Waals surface area contributed by atoms with Crippen LogP contribution in [0.25, 0.3) is 0 Å². The zero-order valence-electron chi connectivity index (χ0n) is 14.5. The number of amides is 3. The third kappa shape index (κ3) is 4.22. The normalized spacial score (nSPS) is 23.4. The summed E-state index contributed by atoms with van der Waals surface area (Å²) in [7, 11) is 1.55. The number of nitrogens with zero attached hydrogens (tertiary/aromatic N) is 1. The van der Waals surface area contributed by atoms with Gasteiger partial charge in [-0.05, 0) is 44.2 Å². The molecule has 2 aliphatic rings. The van der Waals surface area contributed by atoms with Crippen LogP contribution in [0.15, 0.2) is 18.2 Å². The summed E-state index contributed by atoms with van der Waals surface area (Å²) in [6.45, 7) is 0.690. The highest BCUT2D eigenvalue weighted by molar-refractivity contribution is 5.97. The zero-order chi connectivity index (χ0) is 17.8. The number of hydrogen-bond donors (Lipinski definition) is 3. The standard InChI is InChI=1S/C18H25N3O4/c1-25-16-11-13(6-9-15(16)21-10-2-3-17(21)23)20-18(24)19-12-4-7-14(22)8-5-12/h6,9,11-12,14,22H,2-5,7-8,10H2,1H3,(H2,19,20,24). The summed E-state index contributed by atoms with van der Waals surface area (Å²) in [5, 5.41) is 15.3. The zero-order valence-corrected chi connectivity index (χ0v) is 14.5. The number of anilines is 2. The maximum atomic E-state index is 12.2. The summed E-state index contributed by atoms with van der Waals surface area (Å²) >= 11 is 0. The second kappa shape index (κ2) is 7.74. The van der Waals surface area contributed by atoms with Gasteiger partial charge in [-0.1, -0.05) is 0 Å². The molecule has 136 valence electrons. The number of urea groups is 1. The molecule has 3 amide bonds. The first-order valence-corrected chi connectivity index (χ1v) is 8.81. The van der Waals surface area contributed by atoms with E-state index in [9.17, 15) is 14.7 Å². The van der Waals surface area contributed by atoms with Crippen molar-refractivity contribution < 1.29 is 19.4 Å². The van der Waals surface area contributed by atoms with Gasteiger partial charge in [-0.25, -0.2) is 4.79 Å². The minimum atomic E-state index is -0.270. The van der Waals surface area contributed by atoms with Gasteiger partial charge >= 0.3 is 6.03 Å². The molecule has 1 heterocycles. The van der Waals surface area contributed by atoms with Crippen LogP contribution >= 0.6 is 0 Å². The van der Waals surface area contributed by atoms with Gasteiger partial charge in [0.2, 0.25) is 5.91 Å². The third-order valence-electron chi connectivity index (χ3n) is 4.83. The summed E-state index contributed by atoms with van der Waals surface area (Å²) in [6.07, 6.45) is 4.17. The number of methoxy groups -OCH3 is 1. The van der Waals surface area contributed by atoms with Crippen LogP contribution in [0, 0.1) is 0 Å². The van der Waals surface area contributed by atoms with Gasteiger partial charge in [0.1, 0.15) is 5.75 Å². The van der Waals surface area contributed by atoms with Crippen LogP contribution in [0.5, 0.6) is 5.75 Å². The van der Waals surface area contributed by atoms with Gasteiger partial charge in [0.15, 0.2) is 0 Å². The fraction of sp³-hybridized carbons (Fsp3) is 0.556. The molecule has 1 saturated carbocycles. The van der Waals surface area contributed by atoms with Gasteiger partial charge in [0.05, 0.1) is 18.9 Å². The van der Waals surface area contributed by atoms with Gasteiger partial charge in [0.25, 0.3) is 0 Å². The van der Waals surface area contributed by atoms with E-state index in [0.717, 1.165) is 37.8 Å². The molecule has 1 aromatic carbocycles. The van der Waals surface area contributed by atoms with E-state index in [4.69, 9.17) is 4.74 Å². The Hall–Kier alpha value is -2.28. The Balaban J connectivity index is 1.62. The topological polar surface area (TPSA) is 90.9 Å². The number of carbonyl (C=O) groups excluding carboxylic acids is 2. The Morgan fingerprint density at radius 2 is 2.04 bits per heavy atom. The van der Waals surface area contributed by atoms with Crippen molar-refractivity contribution in [3.05, 3.63) is 18.2 Å². The Morgan fingerprint density at radius 3 is 2.68 bits per heavy atom. The van der Waals surface area contributed by atoms with E-state index in [2.05, 4.69) is 10.6 Å². The highest BCUT2D eigenvalue weighted by atomic mass is 16.5. The number of carbonyl (C=O) groups is 2. The van der Waals surface area contributed by atoms with Gasteiger partial charge < -0.3 is 25.4 Å². The molecular formula is C18H25N3O4. The molecule has 1 aromatic rings. The molecule has 7 heteroatoms. The number of ether oxygens (including phenoxy) is 1. The van der Waals surface area contributed by atoms with Crippen LogP contribution < -0.4 is 20.3 Å². The predicted molar refractivity (Wildman–Crippen MR) is 95.0 cm³/mol. The van der Waals surface area contributed by atoms with Crippen LogP contribution in [0.4, 0.5) is 16.2 Å². The fourth-order valence-corrected chi connectivity index (χ4v) is 3.45. The monoisotopic (exact) mass is 347 g/mol. The Kier molecular flexibility index (Phi) is 5.43. The first kappa shape index (κ1) is 17.5. The lowest BCUT2D eigenvalue weighted by atomic mass is 9.93. The maximum Gasteiger partial charge on any atom is 0.319 e. The molecule has 3 rings (SSSR count). The summed E-state index contributed by atoms with van der Waals surface area (Å²) in [6, 6.07) is 5.12. The van der Waals surface area contributed by atoms with Crippen LogP contribution in [-0.2, 0) is 4.79 Å². The Morgan fingerprint density at radius 1 is 1.28 bits per heavy atom. The summed E-state index contributed by atoms with van der Waals surface area (Å²) in [5.74, 6) is 0.657. The number of rotatable bonds is 4. The van der Waals surface area contributed by atoms with Crippen molar-refractivity contribution in [3.8, 4) is 5.75 Å². The molecule has 1 aliphatic carbocycles. The maximum absolute atomic E-state index is 12.2. The van der Waals surface area contributed by atoms with Crippen LogP contribution in [0.2, 0.25) is 0 Å². The summed E-state index contributed by atoms with van der Waals surface area (Å²) in [4.78, 5) is 25.8. The molecule has 1 saturated heterocycles. The number of aliphatic hydroxyl groups is 1. The van der Waals surface area contributed by atoms with E-state index in [1.54, 1.807) is 30.2 Å². The van der Waals surface area contributed by atoms with E-state index in [-0.39, 0.29) is 24.1 Å². The SMILES string of the molecule is COc1cc(NC(=O)NC2CCC(O)CC2)ccc1N1CCCC1=O. The lowest BCUT2D eigenvalue weighted by molar-refractivity contribution is -0.117. The molecule has 7 nitrogen and oxygen atoms in total. The summed E-state index contributed by atoms with van der Waals surface area (Å²) < 4.78 is 5.40. The predicted octanol–water partition coefficient (Wildman–Crippen LogP) is 2.25.